The minimum absolute atomic E-state index is 0.205. The largest absolute Gasteiger partial charge is 0.497 e. The van der Waals surface area contributed by atoms with Gasteiger partial charge in [-0.2, -0.15) is 5.11 Å². The Labute approximate surface area is 173 Å². The van der Waals surface area contributed by atoms with E-state index in [9.17, 15) is 14.4 Å². The molecular weight excluding hydrogens is 386 g/mol. The van der Waals surface area contributed by atoms with Crippen LogP contribution in [-0.2, 0) is 20.8 Å². The first-order chi connectivity index (χ1) is 14.5. The highest BCUT2D eigenvalue weighted by molar-refractivity contribution is 6.25. The molecule has 3 amide bonds. The summed E-state index contributed by atoms with van der Waals surface area (Å²) in [6.07, 6.45) is 0.859. The minimum Gasteiger partial charge on any atom is -0.497 e. The van der Waals surface area contributed by atoms with Crippen LogP contribution in [0.2, 0.25) is 0 Å². The van der Waals surface area contributed by atoms with Gasteiger partial charge in [-0.1, -0.05) is 30.3 Å². The van der Waals surface area contributed by atoms with Crippen LogP contribution in [0.15, 0.2) is 58.9 Å². The molecule has 2 aliphatic rings. The van der Waals surface area contributed by atoms with Crippen LogP contribution in [0.3, 0.4) is 0 Å². The summed E-state index contributed by atoms with van der Waals surface area (Å²) in [5.74, 6) is -0.647. The lowest BCUT2D eigenvalue weighted by atomic mass is 10.1. The summed E-state index contributed by atoms with van der Waals surface area (Å²) in [4.78, 5) is 39.3. The van der Waals surface area contributed by atoms with Crippen LogP contribution in [-0.4, -0.2) is 48.5 Å². The number of hydrogen-bond acceptors (Lipinski definition) is 7. The summed E-state index contributed by atoms with van der Waals surface area (Å²) in [7, 11) is 1.54. The molecule has 4 rings (SSSR count). The maximum Gasteiger partial charge on any atom is 0.263 e. The average molecular weight is 407 g/mol. The zero-order chi connectivity index (χ0) is 21.3. The third-order valence-electron chi connectivity index (χ3n) is 5.12. The number of nitrogens with one attached hydrogen (secondary N) is 1. The van der Waals surface area contributed by atoms with Gasteiger partial charge in [0.1, 0.15) is 12.3 Å². The second-order valence-electron chi connectivity index (χ2n) is 7.00. The fraction of sp³-hybridized carbons (Fsp3) is 0.286. The first-order valence-electron chi connectivity index (χ1n) is 9.60. The molecule has 1 fully saturated rings. The van der Waals surface area contributed by atoms with Gasteiger partial charge in [-0.05, 0) is 36.2 Å². The van der Waals surface area contributed by atoms with Crippen LogP contribution >= 0.6 is 0 Å². The third kappa shape index (κ3) is 3.49. The monoisotopic (exact) mass is 407 g/mol. The predicted octanol–water partition coefficient (Wildman–Crippen LogP) is 2.19. The second kappa shape index (κ2) is 7.94. The van der Waals surface area contributed by atoms with Crippen molar-refractivity contribution in [1.82, 2.24) is 5.01 Å². The van der Waals surface area contributed by atoms with E-state index in [0.717, 1.165) is 16.9 Å². The van der Waals surface area contributed by atoms with E-state index in [1.165, 1.54) is 12.1 Å². The number of benzene rings is 2. The van der Waals surface area contributed by atoms with E-state index in [2.05, 4.69) is 15.7 Å². The lowest BCUT2D eigenvalue weighted by Gasteiger charge is -2.20. The molecule has 2 heterocycles. The molecule has 0 spiro atoms. The summed E-state index contributed by atoms with van der Waals surface area (Å²) in [6, 6.07) is 12.3. The normalized spacial score (nSPS) is 19.9. The van der Waals surface area contributed by atoms with Gasteiger partial charge in [0.2, 0.25) is 5.91 Å². The third-order valence-corrected chi connectivity index (χ3v) is 5.12. The summed E-state index contributed by atoms with van der Waals surface area (Å²) in [6.45, 7) is 1.82. The van der Waals surface area contributed by atoms with Gasteiger partial charge in [0.15, 0.2) is 12.1 Å². The Morgan fingerprint density at radius 2 is 1.90 bits per heavy atom. The SMILES string of the molecule is CCc1ccc(N2C(=O)[C@H]3N=NN(CC(=O)Nc4cccc(OC)c4)[C@H]3C2=O)cc1. The number of carbonyl (C=O) groups excluding carboxylic acids is 3. The number of carbonyl (C=O) groups is 3. The summed E-state index contributed by atoms with van der Waals surface area (Å²) in [5, 5.41) is 11.8. The fourth-order valence-corrected chi connectivity index (χ4v) is 3.54. The maximum atomic E-state index is 13.0. The summed E-state index contributed by atoms with van der Waals surface area (Å²) < 4.78 is 5.14. The van der Waals surface area contributed by atoms with E-state index >= 15 is 0 Å². The fourth-order valence-electron chi connectivity index (χ4n) is 3.54. The molecule has 0 aliphatic carbocycles. The molecule has 0 aromatic heterocycles. The van der Waals surface area contributed by atoms with Crippen molar-refractivity contribution in [3.05, 3.63) is 54.1 Å². The van der Waals surface area contributed by atoms with Gasteiger partial charge in [-0.25, -0.2) is 4.90 Å². The number of imide groups is 1. The zero-order valence-corrected chi connectivity index (χ0v) is 16.6. The number of hydrogen-bond donors (Lipinski definition) is 1. The first-order valence-corrected chi connectivity index (χ1v) is 9.60. The molecule has 1 N–H and O–H groups in total. The van der Waals surface area contributed by atoms with E-state index in [0.29, 0.717) is 17.1 Å². The van der Waals surface area contributed by atoms with Crippen molar-refractivity contribution < 1.29 is 19.1 Å². The van der Waals surface area contributed by atoms with Crippen molar-refractivity contribution in [3.63, 3.8) is 0 Å². The molecule has 0 saturated carbocycles. The topological polar surface area (TPSA) is 104 Å². The lowest BCUT2D eigenvalue weighted by molar-refractivity contribution is -0.123. The molecule has 2 aliphatic heterocycles. The van der Waals surface area contributed by atoms with Gasteiger partial charge in [-0.15, -0.1) is 0 Å². The van der Waals surface area contributed by atoms with Crippen molar-refractivity contribution in [2.24, 2.45) is 10.3 Å². The van der Waals surface area contributed by atoms with Gasteiger partial charge in [0.05, 0.1) is 12.8 Å². The molecule has 1 saturated heterocycles. The van der Waals surface area contributed by atoms with Gasteiger partial charge >= 0.3 is 0 Å². The molecule has 9 heteroatoms. The molecule has 2 aromatic rings. The molecular formula is C21H21N5O4. The van der Waals surface area contributed by atoms with Gasteiger partial charge < -0.3 is 10.1 Å². The summed E-state index contributed by atoms with van der Waals surface area (Å²) in [5.41, 5.74) is 2.15. The predicted molar refractivity (Wildman–Crippen MR) is 109 cm³/mol. The molecule has 0 bridgehead atoms. The van der Waals surface area contributed by atoms with Crippen molar-refractivity contribution in [2.45, 2.75) is 25.4 Å². The Bertz CT molecular complexity index is 1020. The van der Waals surface area contributed by atoms with Crippen LogP contribution in [0.4, 0.5) is 11.4 Å². The van der Waals surface area contributed by atoms with E-state index < -0.39 is 23.9 Å². The molecule has 2 aromatic carbocycles. The smallest absolute Gasteiger partial charge is 0.263 e. The van der Waals surface area contributed by atoms with Crippen LogP contribution in [0.1, 0.15) is 12.5 Å². The minimum atomic E-state index is -0.937. The number of aryl methyl sites for hydroxylation is 1. The van der Waals surface area contributed by atoms with Gasteiger partial charge in [-0.3, -0.25) is 19.4 Å². The van der Waals surface area contributed by atoms with Crippen LogP contribution in [0.5, 0.6) is 5.75 Å². The lowest BCUT2D eigenvalue weighted by Crippen LogP contribution is -2.43. The quantitative estimate of drug-likeness (QED) is 0.740. The molecule has 154 valence electrons. The zero-order valence-electron chi connectivity index (χ0n) is 16.6. The van der Waals surface area contributed by atoms with E-state index in [-0.39, 0.29) is 12.5 Å². The molecule has 9 nitrogen and oxygen atoms in total. The van der Waals surface area contributed by atoms with E-state index in [1.807, 2.05) is 19.1 Å². The Morgan fingerprint density at radius 1 is 1.13 bits per heavy atom. The Morgan fingerprint density at radius 3 is 2.60 bits per heavy atom. The van der Waals surface area contributed by atoms with Gasteiger partial charge in [0.25, 0.3) is 11.8 Å². The Kier molecular flexibility index (Phi) is 5.18. The number of methoxy groups -OCH3 is 1. The van der Waals surface area contributed by atoms with Gasteiger partial charge in [0, 0.05) is 11.8 Å². The highest BCUT2D eigenvalue weighted by Crippen LogP contribution is 2.32. The maximum absolute atomic E-state index is 13.0. The molecule has 0 unspecified atom stereocenters. The molecule has 2 atom stereocenters. The van der Waals surface area contributed by atoms with Crippen molar-refractivity contribution in [3.8, 4) is 5.75 Å². The average Bonchev–Trinajstić information content (AvgIpc) is 3.27. The number of ether oxygens (including phenoxy) is 1. The number of rotatable bonds is 6. The summed E-state index contributed by atoms with van der Waals surface area (Å²) >= 11 is 0. The highest BCUT2D eigenvalue weighted by atomic mass is 16.5. The Balaban J connectivity index is 1.46. The number of nitrogens with zero attached hydrogens (tertiary/aromatic N) is 4. The van der Waals surface area contributed by atoms with Crippen LogP contribution in [0, 0.1) is 0 Å². The van der Waals surface area contributed by atoms with Crippen LogP contribution < -0.4 is 15.0 Å². The van der Waals surface area contributed by atoms with Crippen LogP contribution in [0.25, 0.3) is 0 Å². The highest BCUT2D eigenvalue weighted by Gasteiger charge is 2.55. The standard InChI is InChI=1S/C21H21N5O4/c1-3-13-7-9-15(10-8-13)26-20(28)18-19(21(26)29)25(24-23-18)12-17(27)22-14-5-4-6-16(11-14)30-2/h4-11,18-19H,3,12H2,1-2H3,(H,22,27)/t18-,19+/m0/s1. The second-order valence-corrected chi connectivity index (χ2v) is 7.00. The molecule has 0 radical (unpaired) electrons. The van der Waals surface area contributed by atoms with Crippen molar-refractivity contribution >= 4 is 29.1 Å². The number of amides is 3. The first kappa shape index (κ1) is 19.6. The van der Waals surface area contributed by atoms with E-state index in [4.69, 9.17) is 4.74 Å². The van der Waals surface area contributed by atoms with Crippen molar-refractivity contribution in [1.29, 1.82) is 0 Å². The number of fused-ring (bicyclic) bond motifs is 1. The number of anilines is 2. The van der Waals surface area contributed by atoms with E-state index in [1.54, 1.807) is 36.4 Å². The molecule has 30 heavy (non-hydrogen) atoms. The Hall–Kier alpha value is -3.75. The van der Waals surface area contributed by atoms with Crippen molar-refractivity contribution in [2.75, 3.05) is 23.9 Å².